The van der Waals surface area contributed by atoms with Crippen molar-refractivity contribution in [2.24, 2.45) is 0 Å². The van der Waals surface area contributed by atoms with Gasteiger partial charge < -0.3 is 0 Å². The zero-order chi connectivity index (χ0) is 13.8. The van der Waals surface area contributed by atoms with E-state index in [-0.39, 0.29) is 0 Å². The van der Waals surface area contributed by atoms with Crippen LogP contribution < -0.4 is 0 Å². The predicted octanol–water partition coefficient (Wildman–Crippen LogP) is 5.86. The quantitative estimate of drug-likeness (QED) is 0.618. The van der Waals surface area contributed by atoms with E-state index < -0.39 is 0 Å². The third-order valence-electron chi connectivity index (χ3n) is 3.83. The molecule has 2 aromatic carbocycles. The van der Waals surface area contributed by atoms with Crippen LogP contribution in [0.5, 0.6) is 0 Å². The molecule has 0 N–H and O–H groups in total. The predicted molar refractivity (Wildman–Crippen MR) is 86.8 cm³/mol. The average Bonchev–Trinajstić information content (AvgIpc) is 2.50. The monoisotopic (exact) mass is 281 g/mol. The highest BCUT2D eigenvalue weighted by molar-refractivity contribution is 6.30. The molecular formula is C19H18Cl. The van der Waals surface area contributed by atoms with Crippen molar-refractivity contribution in [3.8, 4) is 11.1 Å². The summed E-state index contributed by atoms with van der Waals surface area (Å²) in [6, 6.07) is 16.8. The highest BCUT2D eigenvalue weighted by atomic mass is 35.5. The molecule has 0 heterocycles. The fourth-order valence-electron chi connectivity index (χ4n) is 2.75. The van der Waals surface area contributed by atoms with E-state index in [4.69, 9.17) is 11.6 Å². The molecular weight excluding hydrogens is 264 g/mol. The molecule has 0 amide bonds. The van der Waals surface area contributed by atoms with Crippen molar-refractivity contribution in [2.75, 3.05) is 0 Å². The van der Waals surface area contributed by atoms with E-state index in [0.717, 1.165) is 17.9 Å². The lowest BCUT2D eigenvalue weighted by Crippen LogP contribution is -1.98. The molecule has 20 heavy (non-hydrogen) atoms. The van der Waals surface area contributed by atoms with Gasteiger partial charge in [0.2, 0.25) is 0 Å². The van der Waals surface area contributed by atoms with Crippen molar-refractivity contribution in [3.63, 3.8) is 0 Å². The largest absolute Gasteiger partial charge is 0.0847 e. The zero-order valence-electron chi connectivity index (χ0n) is 11.5. The van der Waals surface area contributed by atoms with Crippen molar-refractivity contribution >= 4 is 11.6 Å². The van der Waals surface area contributed by atoms with Crippen LogP contribution in [0.3, 0.4) is 0 Å². The second-order valence-electron chi connectivity index (χ2n) is 5.27. The number of hydrogen-bond acceptors (Lipinski definition) is 0. The maximum Gasteiger partial charge on any atom is 0.0406 e. The van der Waals surface area contributed by atoms with E-state index in [0.29, 0.717) is 0 Å². The number of rotatable bonds is 3. The van der Waals surface area contributed by atoms with Crippen LogP contribution in [-0.4, -0.2) is 0 Å². The fourth-order valence-corrected chi connectivity index (χ4v) is 2.87. The van der Waals surface area contributed by atoms with E-state index in [9.17, 15) is 0 Å². The van der Waals surface area contributed by atoms with E-state index in [2.05, 4.69) is 48.9 Å². The van der Waals surface area contributed by atoms with Crippen LogP contribution in [0.2, 0.25) is 5.02 Å². The molecule has 0 nitrogen and oxygen atoms in total. The third kappa shape index (κ3) is 3.13. The molecule has 0 unspecified atom stereocenters. The Morgan fingerprint density at radius 1 is 0.950 bits per heavy atom. The highest BCUT2D eigenvalue weighted by Crippen LogP contribution is 2.29. The van der Waals surface area contributed by atoms with E-state index in [1.807, 2.05) is 12.1 Å². The lowest BCUT2D eigenvalue weighted by atomic mass is 9.90. The van der Waals surface area contributed by atoms with Gasteiger partial charge in [0.05, 0.1) is 0 Å². The first-order valence-electron chi connectivity index (χ1n) is 7.16. The molecule has 0 spiro atoms. The van der Waals surface area contributed by atoms with Crippen LogP contribution in [0, 0.1) is 6.42 Å². The topological polar surface area (TPSA) is 0 Å². The van der Waals surface area contributed by atoms with Gasteiger partial charge in [0, 0.05) is 5.02 Å². The van der Waals surface area contributed by atoms with Gasteiger partial charge in [-0.25, -0.2) is 0 Å². The van der Waals surface area contributed by atoms with Crippen LogP contribution in [0.1, 0.15) is 24.8 Å². The van der Waals surface area contributed by atoms with Crippen molar-refractivity contribution in [2.45, 2.75) is 25.7 Å². The number of allylic oxidation sites excluding steroid dienone is 2. The van der Waals surface area contributed by atoms with Crippen LogP contribution in [0.25, 0.3) is 11.1 Å². The van der Waals surface area contributed by atoms with Crippen LogP contribution in [-0.2, 0) is 6.42 Å². The molecule has 1 heteroatoms. The van der Waals surface area contributed by atoms with Gasteiger partial charge in [-0.05, 0) is 60.9 Å². The Balaban J connectivity index is 1.91. The molecule has 1 radical (unpaired) electrons. The second kappa shape index (κ2) is 6.28. The minimum Gasteiger partial charge on any atom is -0.0847 e. The third-order valence-corrected chi connectivity index (χ3v) is 4.08. The molecule has 0 aliphatic heterocycles. The molecule has 101 valence electrons. The molecule has 2 aromatic rings. The summed E-state index contributed by atoms with van der Waals surface area (Å²) in [5.41, 5.74) is 5.53. The van der Waals surface area contributed by atoms with Crippen molar-refractivity contribution in [1.82, 2.24) is 0 Å². The standard InChI is InChI=1S/C19H18Cl/c20-18-12-10-16(11-13-18)19-9-5-4-8-17(19)14-15-6-2-1-3-7-15/h1,4-6,8-13H,2-3,7,14H2. The summed E-state index contributed by atoms with van der Waals surface area (Å²) in [4.78, 5) is 0. The van der Waals surface area contributed by atoms with Crippen LogP contribution in [0.15, 0.2) is 60.2 Å². The highest BCUT2D eigenvalue weighted by Gasteiger charge is 2.09. The lowest BCUT2D eigenvalue weighted by molar-refractivity contribution is 0.815. The minimum atomic E-state index is 0.789. The van der Waals surface area contributed by atoms with E-state index in [1.165, 1.54) is 29.5 Å². The Kier molecular flexibility index (Phi) is 4.22. The van der Waals surface area contributed by atoms with Gasteiger partial charge in [-0.1, -0.05) is 59.6 Å². The van der Waals surface area contributed by atoms with E-state index in [1.54, 1.807) is 5.57 Å². The number of halogens is 1. The van der Waals surface area contributed by atoms with Gasteiger partial charge in [-0.15, -0.1) is 0 Å². The number of benzene rings is 2. The van der Waals surface area contributed by atoms with Crippen molar-refractivity contribution in [1.29, 1.82) is 0 Å². The van der Waals surface area contributed by atoms with Gasteiger partial charge in [0.25, 0.3) is 0 Å². The Labute approximate surface area is 126 Å². The Bertz CT molecular complexity index is 608. The SMILES string of the molecule is Clc1ccc(-c2ccccc2CC2=CC[CH]CC2)cc1. The molecule has 0 aromatic heterocycles. The van der Waals surface area contributed by atoms with Crippen LogP contribution in [0.4, 0.5) is 0 Å². The molecule has 0 saturated carbocycles. The summed E-state index contributed by atoms with van der Waals surface area (Å²) in [5.74, 6) is 0. The molecule has 3 rings (SSSR count). The van der Waals surface area contributed by atoms with Crippen molar-refractivity contribution in [3.05, 3.63) is 77.2 Å². The summed E-state index contributed by atoms with van der Waals surface area (Å²) in [7, 11) is 0. The summed E-state index contributed by atoms with van der Waals surface area (Å²) < 4.78 is 0. The molecule has 1 aliphatic rings. The summed E-state index contributed by atoms with van der Waals surface area (Å²) >= 11 is 5.98. The van der Waals surface area contributed by atoms with E-state index >= 15 is 0 Å². The Hall–Kier alpha value is -1.53. The first-order valence-corrected chi connectivity index (χ1v) is 7.54. The number of hydrogen-bond donors (Lipinski definition) is 0. The second-order valence-corrected chi connectivity index (χ2v) is 5.70. The van der Waals surface area contributed by atoms with Gasteiger partial charge >= 0.3 is 0 Å². The van der Waals surface area contributed by atoms with Gasteiger partial charge in [0.15, 0.2) is 0 Å². The van der Waals surface area contributed by atoms with Gasteiger partial charge in [0.1, 0.15) is 0 Å². The zero-order valence-corrected chi connectivity index (χ0v) is 12.2. The summed E-state index contributed by atoms with van der Waals surface area (Å²) in [6.45, 7) is 0. The molecule has 0 bridgehead atoms. The van der Waals surface area contributed by atoms with Gasteiger partial charge in [-0.3, -0.25) is 0 Å². The maximum atomic E-state index is 5.98. The molecule has 0 atom stereocenters. The summed E-state index contributed by atoms with van der Waals surface area (Å²) in [6.07, 6.45) is 9.34. The first-order chi connectivity index (χ1) is 9.83. The minimum absolute atomic E-state index is 0.789. The lowest BCUT2D eigenvalue weighted by Gasteiger charge is -2.15. The Morgan fingerprint density at radius 3 is 2.50 bits per heavy atom. The molecule has 0 fully saturated rings. The first kappa shape index (κ1) is 13.5. The average molecular weight is 282 g/mol. The maximum absolute atomic E-state index is 5.98. The van der Waals surface area contributed by atoms with Gasteiger partial charge in [-0.2, -0.15) is 0 Å². The fraction of sp³-hybridized carbons (Fsp3) is 0.211. The van der Waals surface area contributed by atoms with Crippen molar-refractivity contribution < 1.29 is 0 Å². The molecule has 1 aliphatic carbocycles. The Morgan fingerprint density at radius 2 is 1.75 bits per heavy atom. The van der Waals surface area contributed by atoms with Crippen LogP contribution >= 0.6 is 11.6 Å². The smallest absolute Gasteiger partial charge is 0.0406 e. The molecule has 0 saturated heterocycles. The normalized spacial score (nSPS) is 14.9. The summed E-state index contributed by atoms with van der Waals surface area (Å²) in [5, 5.41) is 0.789.